The van der Waals surface area contributed by atoms with Crippen LogP contribution in [0.4, 0.5) is 24.0 Å². The van der Waals surface area contributed by atoms with Crippen LogP contribution in [0.1, 0.15) is 18.4 Å². The van der Waals surface area contributed by atoms with Gasteiger partial charge in [-0.3, -0.25) is 9.59 Å². The highest BCUT2D eigenvalue weighted by molar-refractivity contribution is 8.01. The van der Waals surface area contributed by atoms with Gasteiger partial charge in [-0.2, -0.15) is 13.2 Å². The number of halogens is 3. The fraction of sp³-hybridized carbons (Fsp3) is 0.333. The first kappa shape index (κ1) is 18.6. The number of alkyl halides is 3. The Morgan fingerprint density at radius 3 is 2.46 bits per heavy atom. The first-order valence-electron chi connectivity index (χ1n) is 7.55. The highest BCUT2D eigenvalue weighted by Gasteiger charge is 2.30. The quantitative estimate of drug-likeness (QED) is 0.569. The number of hydrogen-bond acceptors (Lipinski definition) is 6. The van der Waals surface area contributed by atoms with Gasteiger partial charge in [0.15, 0.2) is 4.34 Å². The van der Waals surface area contributed by atoms with E-state index in [1.54, 1.807) is 0 Å². The fourth-order valence-corrected chi connectivity index (χ4v) is 3.49. The average molecular weight is 402 g/mol. The van der Waals surface area contributed by atoms with E-state index < -0.39 is 11.7 Å². The van der Waals surface area contributed by atoms with Crippen LogP contribution in [0.5, 0.6) is 0 Å². The molecular formula is C15H13F3N4O2S2. The number of hydrogen-bond donors (Lipinski definition) is 2. The maximum Gasteiger partial charge on any atom is 0.416 e. The van der Waals surface area contributed by atoms with Gasteiger partial charge in [-0.05, 0) is 37.1 Å². The molecule has 2 amide bonds. The Kier molecular flexibility index (Phi) is 5.47. The van der Waals surface area contributed by atoms with Crippen LogP contribution in [0.15, 0.2) is 28.6 Å². The predicted molar refractivity (Wildman–Crippen MR) is 92.1 cm³/mol. The van der Waals surface area contributed by atoms with Crippen LogP contribution < -0.4 is 10.6 Å². The molecule has 2 aromatic rings. The number of thioether (sulfide) groups is 1. The number of rotatable bonds is 6. The Labute approximate surface area is 154 Å². The molecule has 0 aliphatic heterocycles. The summed E-state index contributed by atoms with van der Waals surface area (Å²) in [6.45, 7) is 0. The highest BCUT2D eigenvalue weighted by Crippen LogP contribution is 2.32. The molecule has 1 aliphatic carbocycles. The molecule has 1 heterocycles. The second-order valence-electron chi connectivity index (χ2n) is 5.55. The Morgan fingerprint density at radius 1 is 1.15 bits per heavy atom. The van der Waals surface area contributed by atoms with E-state index in [0.29, 0.717) is 9.47 Å². The number of benzene rings is 1. The Hall–Kier alpha value is -2.14. The van der Waals surface area contributed by atoms with Gasteiger partial charge in [-0.25, -0.2) is 0 Å². The van der Waals surface area contributed by atoms with Gasteiger partial charge in [0.1, 0.15) is 0 Å². The highest BCUT2D eigenvalue weighted by atomic mass is 32.2. The molecule has 26 heavy (non-hydrogen) atoms. The average Bonchev–Trinajstić information content (AvgIpc) is 3.34. The van der Waals surface area contributed by atoms with Crippen molar-refractivity contribution in [1.29, 1.82) is 0 Å². The van der Waals surface area contributed by atoms with Crippen LogP contribution in [0.25, 0.3) is 0 Å². The zero-order valence-corrected chi connectivity index (χ0v) is 14.8. The predicted octanol–water partition coefficient (Wildman–Crippen LogP) is 3.64. The van der Waals surface area contributed by atoms with Crippen molar-refractivity contribution in [2.75, 3.05) is 16.4 Å². The standard InChI is InChI=1S/C15H13F3N4O2S2/c16-15(17,18)9-3-5-10(6-4-9)19-11(23)7-25-14-22-21-13(26-14)20-12(24)8-1-2-8/h3-6,8H,1-2,7H2,(H,19,23)(H,20,21,24). The molecule has 138 valence electrons. The maximum atomic E-state index is 12.5. The summed E-state index contributed by atoms with van der Waals surface area (Å²) >= 11 is 2.29. The Balaban J connectivity index is 1.46. The van der Waals surface area contributed by atoms with Gasteiger partial charge < -0.3 is 10.6 Å². The summed E-state index contributed by atoms with van der Waals surface area (Å²) in [5, 5.41) is 13.3. The lowest BCUT2D eigenvalue weighted by atomic mass is 10.2. The molecule has 0 atom stereocenters. The minimum Gasteiger partial charge on any atom is -0.325 e. The summed E-state index contributed by atoms with van der Waals surface area (Å²) in [6.07, 6.45) is -2.64. The molecule has 6 nitrogen and oxygen atoms in total. The summed E-state index contributed by atoms with van der Waals surface area (Å²) in [6, 6.07) is 4.20. The second-order valence-corrected chi connectivity index (χ2v) is 7.75. The molecule has 2 N–H and O–H groups in total. The third-order valence-electron chi connectivity index (χ3n) is 3.41. The van der Waals surface area contributed by atoms with E-state index in [9.17, 15) is 22.8 Å². The molecule has 11 heteroatoms. The molecule has 0 saturated heterocycles. The lowest BCUT2D eigenvalue weighted by molar-refractivity contribution is -0.137. The molecular weight excluding hydrogens is 389 g/mol. The number of carbonyl (C=O) groups excluding carboxylic acids is 2. The number of aromatic nitrogens is 2. The molecule has 0 bridgehead atoms. The van der Waals surface area contributed by atoms with Crippen LogP contribution in [0.3, 0.4) is 0 Å². The lowest BCUT2D eigenvalue weighted by Gasteiger charge is -2.08. The smallest absolute Gasteiger partial charge is 0.325 e. The van der Waals surface area contributed by atoms with Gasteiger partial charge in [-0.1, -0.05) is 23.1 Å². The van der Waals surface area contributed by atoms with E-state index in [2.05, 4.69) is 20.8 Å². The van der Waals surface area contributed by atoms with Gasteiger partial charge in [0.25, 0.3) is 0 Å². The van der Waals surface area contributed by atoms with Gasteiger partial charge in [0.2, 0.25) is 16.9 Å². The molecule has 1 saturated carbocycles. The number of anilines is 2. The first-order valence-corrected chi connectivity index (χ1v) is 9.36. The molecule has 0 radical (unpaired) electrons. The summed E-state index contributed by atoms with van der Waals surface area (Å²) in [7, 11) is 0. The van der Waals surface area contributed by atoms with Gasteiger partial charge in [-0.15, -0.1) is 10.2 Å². The first-order chi connectivity index (χ1) is 12.3. The van der Waals surface area contributed by atoms with Crippen molar-refractivity contribution in [2.45, 2.75) is 23.4 Å². The minimum absolute atomic E-state index is 0.0201. The monoisotopic (exact) mass is 402 g/mol. The molecule has 1 aliphatic rings. The van der Waals surface area contributed by atoms with Crippen molar-refractivity contribution >= 4 is 45.7 Å². The topological polar surface area (TPSA) is 84.0 Å². The van der Waals surface area contributed by atoms with Crippen LogP contribution >= 0.6 is 23.1 Å². The van der Waals surface area contributed by atoms with Crippen molar-refractivity contribution in [3.05, 3.63) is 29.8 Å². The van der Waals surface area contributed by atoms with Gasteiger partial charge >= 0.3 is 6.18 Å². The van der Waals surface area contributed by atoms with Crippen molar-refractivity contribution in [1.82, 2.24) is 10.2 Å². The van der Waals surface area contributed by atoms with E-state index in [1.807, 2.05) is 0 Å². The van der Waals surface area contributed by atoms with Crippen molar-refractivity contribution in [3.63, 3.8) is 0 Å². The molecule has 1 aromatic heterocycles. The number of nitrogens with zero attached hydrogens (tertiary/aromatic N) is 2. The Bertz CT molecular complexity index is 804. The molecule has 0 unspecified atom stereocenters. The molecule has 1 fully saturated rings. The third kappa shape index (κ3) is 5.18. The molecule has 3 rings (SSSR count). The largest absolute Gasteiger partial charge is 0.416 e. The number of amides is 2. The van der Waals surface area contributed by atoms with Crippen molar-refractivity contribution < 1.29 is 22.8 Å². The van der Waals surface area contributed by atoms with E-state index in [0.717, 1.165) is 48.1 Å². The van der Waals surface area contributed by atoms with Crippen LogP contribution in [0, 0.1) is 5.92 Å². The fourth-order valence-electron chi connectivity index (χ4n) is 1.94. The summed E-state index contributed by atoms with van der Waals surface area (Å²) in [4.78, 5) is 23.5. The Morgan fingerprint density at radius 2 is 1.85 bits per heavy atom. The molecule has 1 aromatic carbocycles. The summed E-state index contributed by atoms with van der Waals surface area (Å²) in [5.41, 5.74) is -0.502. The van der Waals surface area contributed by atoms with Crippen LogP contribution in [0.2, 0.25) is 0 Å². The minimum atomic E-state index is -4.41. The van der Waals surface area contributed by atoms with E-state index in [-0.39, 0.29) is 29.2 Å². The van der Waals surface area contributed by atoms with E-state index in [4.69, 9.17) is 0 Å². The SMILES string of the molecule is O=C(CSc1nnc(NC(=O)C2CC2)s1)Nc1ccc(C(F)(F)F)cc1. The normalized spacial score (nSPS) is 14.1. The second kappa shape index (κ2) is 7.62. The third-order valence-corrected chi connectivity index (χ3v) is 5.38. The van der Waals surface area contributed by atoms with Gasteiger partial charge in [0, 0.05) is 11.6 Å². The van der Waals surface area contributed by atoms with Gasteiger partial charge in [0.05, 0.1) is 11.3 Å². The maximum absolute atomic E-state index is 12.5. The number of nitrogens with one attached hydrogen (secondary N) is 2. The van der Waals surface area contributed by atoms with Crippen molar-refractivity contribution in [2.24, 2.45) is 5.92 Å². The number of carbonyl (C=O) groups is 2. The van der Waals surface area contributed by atoms with Crippen LogP contribution in [-0.2, 0) is 15.8 Å². The van der Waals surface area contributed by atoms with Crippen LogP contribution in [-0.4, -0.2) is 27.8 Å². The zero-order chi connectivity index (χ0) is 18.7. The molecule has 0 spiro atoms. The zero-order valence-electron chi connectivity index (χ0n) is 13.2. The van der Waals surface area contributed by atoms with E-state index in [1.165, 1.54) is 12.1 Å². The summed E-state index contributed by atoms with van der Waals surface area (Å²) in [5.74, 6) is -0.373. The van der Waals surface area contributed by atoms with Crippen molar-refractivity contribution in [3.8, 4) is 0 Å². The summed E-state index contributed by atoms with van der Waals surface area (Å²) < 4.78 is 38.0. The van der Waals surface area contributed by atoms with E-state index >= 15 is 0 Å². The lowest BCUT2D eigenvalue weighted by Crippen LogP contribution is -2.14.